The van der Waals surface area contributed by atoms with E-state index in [0.29, 0.717) is 0 Å². The summed E-state index contributed by atoms with van der Waals surface area (Å²) in [7, 11) is 0. The molecule has 1 aliphatic heterocycles. The fourth-order valence-electron chi connectivity index (χ4n) is 1.91. The minimum absolute atomic E-state index is 0.110. The maximum atomic E-state index is 11.0. The Kier molecular flexibility index (Phi) is 3.26. The first-order chi connectivity index (χ1) is 6.92. The highest BCUT2D eigenvalue weighted by Gasteiger charge is 2.22. The molecule has 0 bridgehead atoms. The van der Waals surface area contributed by atoms with Gasteiger partial charge in [-0.1, -0.05) is 6.42 Å². The number of aldehydes is 1. The van der Waals surface area contributed by atoms with E-state index in [0.717, 1.165) is 25.1 Å². The molecule has 1 fully saturated rings. The maximum Gasteiger partial charge on any atom is 0.143 e. The van der Waals surface area contributed by atoms with Crippen LogP contribution in [0.2, 0.25) is 0 Å². The summed E-state index contributed by atoms with van der Waals surface area (Å²) >= 11 is 1.55. The highest BCUT2D eigenvalue weighted by Crippen LogP contribution is 2.22. The molecule has 14 heavy (non-hydrogen) atoms. The van der Waals surface area contributed by atoms with Gasteiger partial charge in [-0.15, -0.1) is 11.3 Å². The van der Waals surface area contributed by atoms with E-state index in [2.05, 4.69) is 9.88 Å². The molecule has 1 unspecified atom stereocenters. The summed E-state index contributed by atoms with van der Waals surface area (Å²) in [5.41, 5.74) is 2.70. The smallest absolute Gasteiger partial charge is 0.143 e. The molecule has 1 atom stereocenters. The molecule has 2 heterocycles. The topological polar surface area (TPSA) is 33.2 Å². The molecular weight excluding hydrogens is 196 g/mol. The Hall–Kier alpha value is -0.740. The van der Waals surface area contributed by atoms with Crippen molar-refractivity contribution in [1.29, 1.82) is 0 Å². The first kappa shape index (κ1) is 9.80. The Morgan fingerprint density at radius 2 is 2.21 bits per heavy atom. The molecule has 1 aromatic rings. The van der Waals surface area contributed by atoms with Crippen LogP contribution in [0.4, 0.5) is 0 Å². The van der Waals surface area contributed by atoms with Gasteiger partial charge in [0, 0.05) is 5.38 Å². The van der Waals surface area contributed by atoms with Crippen molar-refractivity contribution >= 4 is 17.6 Å². The molecule has 1 saturated heterocycles. The van der Waals surface area contributed by atoms with Gasteiger partial charge in [-0.2, -0.15) is 0 Å². The van der Waals surface area contributed by atoms with Gasteiger partial charge in [0.05, 0.1) is 11.2 Å². The van der Waals surface area contributed by atoms with E-state index in [1.807, 2.05) is 5.38 Å². The van der Waals surface area contributed by atoms with Crippen LogP contribution in [0.15, 0.2) is 10.9 Å². The minimum Gasteiger partial charge on any atom is -0.301 e. The summed E-state index contributed by atoms with van der Waals surface area (Å²) in [6, 6.07) is -0.110. The van der Waals surface area contributed by atoms with E-state index in [1.54, 1.807) is 16.8 Å². The average Bonchev–Trinajstić information content (AvgIpc) is 2.74. The van der Waals surface area contributed by atoms with Crippen LogP contribution in [-0.2, 0) is 4.79 Å². The lowest BCUT2D eigenvalue weighted by Crippen LogP contribution is -2.34. The number of carbonyl (C=O) groups is 1. The van der Waals surface area contributed by atoms with Crippen LogP contribution in [0.3, 0.4) is 0 Å². The number of piperidine rings is 1. The van der Waals surface area contributed by atoms with E-state index < -0.39 is 0 Å². The number of aromatic nitrogens is 1. The lowest BCUT2D eigenvalue weighted by atomic mass is 10.1. The third-order valence-electron chi connectivity index (χ3n) is 2.67. The molecule has 2 rings (SSSR count). The van der Waals surface area contributed by atoms with Crippen molar-refractivity contribution in [3.8, 4) is 0 Å². The van der Waals surface area contributed by atoms with Crippen LogP contribution in [0.25, 0.3) is 0 Å². The zero-order valence-electron chi connectivity index (χ0n) is 8.06. The van der Waals surface area contributed by atoms with E-state index in [9.17, 15) is 4.79 Å². The van der Waals surface area contributed by atoms with E-state index >= 15 is 0 Å². The largest absolute Gasteiger partial charge is 0.301 e. The number of thiazole rings is 1. The van der Waals surface area contributed by atoms with Gasteiger partial charge in [0.25, 0.3) is 0 Å². The van der Waals surface area contributed by atoms with Crippen molar-refractivity contribution in [2.75, 3.05) is 13.1 Å². The predicted octanol–water partition coefficient (Wildman–Crippen LogP) is 1.87. The van der Waals surface area contributed by atoms with Gasteiger partial charge in [0.15, 0.2) is 0 Å². The van der Waals surface area contributed by atoms with Gasteiger partial charge < -0.3 is 4.79 Å². The highest BCUT2D eigenvalue weighted by molar-refractivity contribution is 7.07. The normalized spacial score (nSPS) is 20.6. The number of rotatable bonds is 3. The number of hydrogen-bond acceptors (Lipinski definition) is 4. The van der Waals surface area contributed by atoms with Gasteiger partial charge in [0.1, 0.15) is 12.3 Å². The zero-order valence-corrected chi connectivity index (χ0v) is 8.87. The number of hydrogen-bond donors (Lipinski definition) is 0. The van der Waals surface area contributed by atoms with Crippen LogP contribution in [0.1, 0.15) is 31.0 Å². The van der Waals surface area contributed by atoms with E-state index in [1.165, 1.54) is 19.3 Å². The fourth-order valence-corrected chi connectivity index (χ4v) is 2.49. The molecule has 0 spiro atoms. The van der Waals surface area contributed by atoms with Gasteiger partial charge in [-0.25, -0.2) is 4.98 Å². The Bertz CT molecular complexity index is 280. The third kappa shape index (κ3) is 2.01. The first-order valence-electron chi connectivity index (χ1n) is 4.99. The van der Waals surface area contributed by atoms with Gasteiger partial charge in [0.2, 0.25) is 0 Å². The zero-order chi connectivity index (χ0) is 9.80. The van der Waals surface area contributed by atoms with Crippen LogP contribution < -0.4 is 0 Å². The summed E-state index contributed by atoms with van der Waals surface area (Å²) in [5.74, 6) is 0. The second-order valence-electron chi connectivity index (χ2n) is 3.59. The summed E-state index contributed by atoms with van der Waals surface area (Å²) in [6.45, 7) is 2.06. The monoisotopic (exact) mass is 210 g/mol. The number of nitrogens with zero attached hydrogens (tertiary/aromatic N) is 2. The number of carbonyl (C=O) groups excluding carboxylic acids is 1. The van der Waals surface area contributed by atoms with Crippen molar-refractivity contribution in [2.24, 2.45) is 0 Å². The highest BCUT2D eigenvalue weighted by atomic mass is 32.1. The molecule has 4 heteroatoms. The lowest BCUT2D eigenvalue weighted by Gasteiger charge is -2.30. The molecule has 0 aromatic carbocycles. The molecule has 0 aliphatic carbocycles. The summed E-state index contributed by atoms with van der Waals surface area (Å²) < 4.78 is 0. The van der Waals surface area contributed by atoms with Crippen molar-refractivity contribution < 1.29 is 4.79 Å². The number of likely N-dealkylation sites (tertiary alicyclic amines) is 1. The quantitative estimate of drug-likeness (QED) is 0.714. The SMILES string of the molecule is O=CC(c1cscn1)N1CCCCC1. The predicted molar refractivity (Wildman–Crippen MR) is 56.3 cm³/mol. The van der Waals surface area contributed by atoms with E-state index in [4.69, 9.17) is 0 Å². The standard InChI is InChI=1S/C10H14N2OS/c13-6-10(9-7-14-8-11-9)12-4-2-1-3-5-12/h6-8,10H,1-5H2. The molecule has 0 amide bonds. The van der Waals surface area contributed by atoms with Crippen LogP contribution in [0, 0.1) is 0 Å². The fraction of sp³-hybridized carbons (Fsp3) is 0.600. The van der Waals surface area contributed by atoms with Crippen LogP contribution in [0.5, 0.6) is 0 Å². The second-order valence-corrected chi connectivity index (χ2v) is 4.31. The molecule has 1 aromatic heterocycles. The molecule has 1 aliphatic rings. The molecule has 0 radical (unpaired) electrons. The summed E-state index contributed by atoms with van der Waals surface area (Å²) in [6.07, 6.45) is 4.71. The van der Waals surface area contributed by atoms with Crippen LogP contribution >= 0.6 is 11.3 Å². The Morgan fingerprint density at radius 1 is 1.43 bits per heavy atom. The summed E-state index contributed by atoms with van der Waals surface area (Å²) in [4.78, 5) is 17.5. The van der Waals surface area contributed by atoms with Crippen molar-refractivity contribution in [2.45, 2.75) is 25.3 Å². The first-order valence-corrected chi connectivity index (χ1v) is 5.93. The molecule has 0 N–H and O–H groups in total. The second kappa shape index (κ2) is 4.66. The third-order valence-corrected chi connectivity index (χ3v) is 3.27. The van der Waals surface area contributed by atoms with Crippen molar-refractivity contribution in [3.63, 3.8) is 0 Å². The average molecular weight is 210 g/mol. The summed E-state index contributed by atoms with van der Waals surface area (Å²) in [5, 5.41) is 1.97. The lowest BCUT2D eigenvalue weighted by molar-refractivity contribution is -0.113. The van der Waals surface area contributed by atoms with Crippen molar-refractivity contribution in [3.05, 3.63) is 16.6 Å². The van der Waals surface area contributed by atoms with Gasteiger partial charge >= 0.3 is 0 Å². The maximum absolute atomic E-state index is 11.0. The van der Waals surface area contributed by atoms with Gasteiger partial charge in [-0.05, 0) is 25.9 Å². The van der Waals surface area contributed by atoms with Crippen LogP contribution in [-0.4, -0.2) is 29.3 Å². The van der Waals surface area contributed by atoms with Crippen molar-refractivity contribution in [1.82, 2.24) is 9.88 Å². The van der Waals surface area contributed by atoms with E-state index in [-0.39, 0.29) is 6.04 Å². The minimum atomic E-state index is -0.110. The molecule has 76 valence electrons. The Labute approximate surface area is 87.8 Å². The molecule has 3 nitrogen and oxygen atoms in total. The Balaban J connectivity index is 2.08. The molecular formula is C10H14N2OS. The molecule has 0 saturated carbocycles. The Morgan fingerprint density at radius 3 is 2.79 bits per heavy atom. The van der Waals surface area contributed by atoms with Gasteiger partial charge in [-0.3, -0.25) is 4.90 Å².